The van der Waals surface area contributed by atoms with Crippen molar-refractivity contribution in [3.63, 3.8) is 0 Å². The van der Waals surface area contributed by atoms with Crippen LogP contribution >= 0.6 is 11.6 Å². The third-order valence-corrected chi connectivity index (χ3v) is 5.80. The highest BCUT2D eigenvalue weighted by atomic mass is 35.5. The lowest BCUT2D eigenvalue weighted by Crippen LogP contribution is -2.54. The summed E-state index contributed by atoms with van der Waals surface area (Å²) < 4.78 is 19.5. The highest BCUT2D eigenvalue weighted by Gasteiger charge is 2.32. The van der Waals surface area contributed by atoms with Gasteiger partial charge in [0.25, 0.3) is 5.91 Å². The molecule has 1 aliphatic heterocycles. The monoisotopic (exact) mass is 407 g/mol. The van der Waals surface area contributed by atoms with Gasteiger partial charge in [-0.2, -0.15) is 0 Å². The molecule has 2 aromatic rings. The number of hydrogen-bond donors (Lipinski definition) is 1. The van der Waals surface area contributed by atoms with Crippen LogP contribution in [0.25, 0.3) is 11.3 Å². The fraction of sp³-hybridized carbons (Fsp3) is 0.524. The number of aryl methyl sites for hydroxylation is 1. The zero-order valence-electron chi connectivity index (χ0n) is 16.8. The van der Waals surface area contributed by atoms with Crippen molar-refractivity contribution in [2.45, 2.75) is 46.1 Å². The molecule has 1 aromatic carbocycles. The normalized spacial score (nSPS) is 18.3. The lowest BCUT2D eigenvalue weighted by atomic mass is 9.93. The van der Waals surface area contributed by atoms with Gasteiger partial charge in [-0.3, -0.25) is 9.69 Å². The van der Waals surface area contributed by atoms with Crippen molar-refractivity contribution in [2.75, 3.05) is 19.6 Å². The fourth-order valence-corrected chi connectivity index (χ4v) is 4.02. The second kappa shape index (κ2) is 8.21. The Hall–Kier alpha value is -1.92. The Bertz CT molecular complexity index is 845. The number of carbonyl (C=O) groups is 1. The van der Waals surface area contributed by atoms with E-state index in [1.165, 1.54) is 25.0 Å². The number of aromatic nitrogens is 1. The second-order valence-corrected chi connectivity index (χ2v) is 8.65. The number of carbonyl (C=O) groups excluding carboxylic acids is 1. The van der Waals surface area contributed by atoms with Gasteiger partial charge in [-0.25, -0.2) is 4.39 Å². The second-order valence-electron chi connectivity index (χ2n) is 8.25. The molecule has 0 radical (unpaired) electrons. The molecule has 1 aromatic heterocycles. The molecular weight excluding hydrogens is 381 g/mol. The molecule has 1 saturated heterocycles. The van der Waals surface area contributed by atoms with E-state index in [0.717, 1.165) is 13.1 Å². The van der Waals surface area contributed by atoms with Crippen LogP contribution in [0.3, 0.4) is 0 Å². The molecule has 0 aliphatic carbocycles. The quantitative estimate of drug-likeness (QED) is 0.781. The number of hydrogen-bond acceptors (Lipinski definition) is 4. The van der Waals surface area contributed by atoms with E-state index in [-0.39, 0.29) is 33.3 Å². The summed E-state index contributed by atoms with van der Waals surface area (Å²) in [6.45, 7) is 10.7. The van der Waals surface area contributed by atoms with Crippen molar-refractivity contribution in [2.24, 2.45) is 5.92 Å². The molecule has 5 nitrogen and oxygen atoms in total. The van der Waals surface area contributed by atoms with Crippen LogP contribution in [0.15, 0.2) is 22.7 Å². The van der Waals surface area contributed by atoms with Crippen molar-refractivity contribution in [3.05, 3.63) is 40.4 Å². The first kappa shape index (κ1) is 20.8. The summed E-state index contributed by atoms with van der Waals surface area (Å²) in [6.07, 6.45) is 2.41. The Morgan fingerprint density at radius 3 is 2.89 bits per heavy atom. The van der Waals surface area contributed by atoms with E-state index in [1.54, 1.807) is 13.0 Å². The largest absolute Gasteiger partial charge is 0.360 e. The zero-order chi connectivity index (χ0) is 20.5. The standard InChI is InChI=1S/C21H27ClFN3O2/c1-13-7-6-10-26(11-13)21(3,4)12-24-20(27)17-14(2)28-25-19(17)18-15(22)8-5-9-16(18)23/h5,8-9,13H,6-7,10-12H2,1-4H3,(H,24,27). The number of likely N-dealkylation sites (tertiary alicyclic amines) is 1. The smallest absolute Gasteiger partial charge is 0.257 e. The molecule has 3 rings (SSSR count). The maximum atomic E-state index is 14.3. The average Bonchev–Trinajstić information content (AvgIpc) is 3.01. The predicted molar refractivity (Wildman–Crippen MR) is 108 cm³/mol. The van der Waals surface area contributed by atoms with E-state index in [0.29, 0.717) is 18.2 Å². The molecule has 0 saturated carbocycles. The van der Waals surface area contributed by atoms with Crippen molar-refractivity contribution in [3.8, 4) is 11.3 Å². The van der Waals surface area contributed by atoms with E-state index in [2.05, 4.69) is 36.1 Å². The topological polar surface area (TPSA) is 58.4 Å². The van der Waals surface area contributed by atoms with E-state index < -0.39 is 5.82 Å². The van der Waals surface area contributed by atoms with Crippen molar-refractivity contribution < 1.29 is 13.7 Å². The Balaban J connectivity index is 1.79. The van der Waals surface area contributed by atoms with Crippen LogP contribution in [-0.2, 0) is 0 Å². The zero-order valence-corrected chi connectivity index (χ0v) is 17.6. The van der Waals surface area contributed by atoms with Gasteiger partial charge < -0.3 is 9.84 Å². The van der Waals surface area contributed by atoms with Gasteiger partial charge in [-0.15, -0.1) is 0 Å². The Morgan fingerprint density at radius 1 is 1.46 bits per heavy atom. The van der Waals surface area contributed by atoms with Crippen molar-refractivity contribution >= 4 is 17.5 Å². The number of benzene rings is 1. The summed E-state index contributed by atoms with van der Waals surface area (Å²) >= 11 is 6.15. The van der Waals surface area contributed by atoms with Gasteiger partial charge in [-0.05, 0) is 58.2 Å². The van der Waals surface area contributed by atoms with E-state index in [9.17, 15) is 9.18 Å². The summed E-state index contributed by atoms with van der Waals surface area (Å²) in [5.74, 6) is 0.0961. The molecule has 1 N–H and O–H groups in total. The first-order chi connectivity index (χ1) is 13.2. The van der Waals surface area contributed by atoms with Crippen LogP contribution in [0.2, 0.25) is 5.02 Å². The molecule has 0 spiro atoms. The summed E-state index contributed by atoms with van der Waals surface area (Å²) in [5.41, 5.74) is 0.234. The summed E-state index contributed by atoms with van der Waals surface area (Å²) in [6, 6.07) is 4.36. The maximum absolute atomic E-state index is 14.3. The van der Waals surface area contributed by atoms with E-state index in [4.69, 9.17) is 16.1 Å². The minimum absolute atomic E-state index is 0.0790. The number of nitrogens with zero attached hydrogens (tertiary/aromatic N) is 2. The summed E-state index contributed by atoms with van der Waals surface area (Å²) in [4.78, 5) is 15.4. The third kappa shape index (κ3) is 4.23. The number of halogens is 2. The molecule has 7 heteroatoms. The lowest BCUT2D eigenvalue weighted by molar-refractivity contribution is 0.0657. The predicted octanol–water partition coefficient (Wildman–Crippen LogP) is 4.68. The fourth-order valence-electron chi connectivity index (χ4n) is 3.77. The lowest BCUT2D eigenvalue weighted by Gasteiger charge is -2.43. The molecule has 1 amide bonds. The van der Waals surface area contributed by atoms with Crippen molar-refractivity contribution in [1.29, 1.82) is 0 Å². The van der Waals surface area contributed by atoms with Gasteiger partial charge in [0.2, 0.25) is 0 Å². The molecule has 1 unspecified atom stereocenters. The van der Waals surface area contributed by atoms with Gasteiger partial charge >= 0.3 is 0 Å². The Morgan fingerprint density at radius 2 is 2.21 bits per heavy atom. The van der Waals surface area contributed by atoms with E-state index >= 15 is 0 Å². The van der Waals surface area contributed by atoms with Crippen LogP contribution < -0.4 is 5.32 Å². The number of piperidine rings is 1. The summed E-state index contributed by atoms with van der Waals surface area (Å²) in [7, 11) is 0. The van der Waals surface area contributed by atoms with Gasteiger partial charge in [0.05, 0.1) is 10.6 Å². The number of amides is 1. The Kier molecular flexibility index (Phi) is 6.10. The van der Waals surface area contributed by atoms with Crippen molar-refractivity contribution in [1.82, 2.24) is 15.4 Å². The SMILES string of the molecule is Cc1onc(-c2c(F)cccc2Cl)c1C(=O)NCC(C)(C)N1CCCC(C)C1. The third-order valence-electron chi connectivity index (χ3n) is 5.48. The molecule has 1 aliphatic rings. The molecule has 1 atom stereocenters. The first-order valence-corrected chi connectivity index (χ1v) is 10.0. The van der Waals surface area contributed by atoms with Gasteiger partial charge in [0, 0.05) is 18.6 Å². The minimum atomic E-state index is -0.544. The highest BCUT2D eigenvalue weighted by Crippen LogP contribution is 2.33. The Labute approximate surface area is 170 Å². The molecule has 0 bridgehead atoms. The van der Waals surface area contributed by atoms with Crippen LogP contribution in [0.5, 0.6) is 0 Å². The molecular formula is C21H27ClFN3O2. The molecule has 1 fully saturated rings. The highest BCUT2D eigenvalue weighted by molar-refractivity contribution is 6.33. The first-order valence-electron chi connectivity index (χ1n) is 9.64. The maximum Gasteiger partial charge on any atom is 0.257 e. The van der Waals surface area contributed by atoms with Gasteiger partial charge in [0.15, 0.2) is 0 Å². The van der Waals surface area contributed by atoms with Gasteiger partial charge in [0.1, 0.15) is 22.8 Å². The van der Waals surface area contributed by atoms with Crippen LogP contribution in [0, 0.1) is 18.7 Å². The molecule has 28 heavy (non-hydrogen) atoms. The molecule has 2 heterocycles. The minimum Gasteiger partial charge on any atom is -0.360 e. The van der Waals surface area contributed by atoms with Crippen LogP contribution in [0.1, 0.15) is 49.7 Å². The average molecular weight is 408 g/mol. The number of nitrogens with one attached hydrogen (secondary N) is 1. The van der Waals surface area contributed by atoms with Gasteiger partial charge in [-0.1, -0.05) is 29.7 Å². The van der Waals surface area contributed by atoms with Crippen LogP contribution in [-0.4, -0.2) is 41.1 Å². The molecule has 152 valence electrons. The summed E-state index contributed by atoms with van der Waals surface area (Å²) in [5, 5.41) is 7.07. The van der Waals surface area contributed by atoms with E-state index in [1.807, 2.05) is 0 Å². The van der Waals surface area contributed by atoms with Crippen LogP contribution in [0.4, 0.5) is 4.39 Å². The number of rotatable bonds is 5.